The molecule has 1 saturated heterocycles. The third-order valence-corrected chi connectivity index (χ3v) is 4.05. The summed E-state index contributed by atoms with van der Waals surface area (Å²) < 4.78 is 0.824. The van der Waals surface area contributed by atoms with Crippen LogP contribution in [-0.4, -0.2) is 30.7 Å². The molecule has 3 N–H and O–H groups in total. The van der Waals surface area contributed by atoms with Crippen LogP contribution in [0.1, 0.15) is 24.3 Å². The second kappa shape index (κ2) is 5.71. The average molecular weight is 313 g/mol. The van der Waals surface area contributed by atoms with Crippen LogP contribution >= 0.6 is 15.9 Å². The van der Waals surface area contributed by atoms with Crippen molar-refractivity contribution in [1.82, 2.24) is 0 Å². The quantitative estimate of drug-likeness (QED) is 0.894. The Morgan fingerprint density at radius 1 is 1.44 bits per heavy atom. The molecule has 1 aromatic carbocycles. The van der Waals surface area contributed by atoms with E-state index >= 15 is 0 Å². The first kappa shape index (κ1) is 13.4. The molecule has 1 aliphatic rings. The minimum absolute atomic E-state index is 0.110. The predicted molar refractivity (Wildman–Crippen MR) is 75.0 cm³/mol. The number of nitrogens with two attached hydrogens (primary N) is 1. The first-order chi connectivity index (χ1) is 8.65. The fraction of sp³-hybridized carbons (Fsp3) is 0.462. The highest BCUT2D eigenvalue weighted by molar-refractivity contribution is 9.10. The van der Waals surface area contributed by atoms with Crippen molar-refractivity contribution >= 4 is 27.6 Å². The van der Waals surface area contributed by atoms with Gasteiger partial charge in [-0.2, -0.15) is 0 Å². The molecular formula is C13H17BrN2O2. The van der Waals surface area contributed by atoms with Gasteiger partial charge in [0.05, 0.1) is 5.92 Å². The van der Waals surface area contributed by atoms with Gasteiger partial charge in [0, 0.05) is 35.4 Å². The van der Waals surface area contributed by atoms with E-state index in [2.05, 4.69) is 20.8 Å². The average Bonchev–Trinajstić information content (AvgIpc) is 2.85. The van der Waals surface area contributed by atoms with Gasteiger partial charge in [-0.25, -0.2) is 0 Å². The molecule has 1 aromatic rings. The first-order valence-electron chi connectivity index (χ1n) is 6.11. The van der Waals surface area contributed by atoms with Crippen LogP contribution in [0, 0.1) is 0 Å². The lowest BCUT2D eigenvalue weighted by molar-refractivity contribution is -0.138. The highest BCUT2D eigenvalue weighted by atomic mass is 79.9. The maximum Gasteiger partial charge on any atom is 0.312 e. The summed E-state index contributed by atoms with van der Waals surface area (Å²) in [6.07, 6.45) is 2.32. The number of hydrogen-bond donors (Lipinski definition) is 2. The molecule has 0 aromatic heterocycles. The van der Waals surface area contributed by atoms with E-state index in [0.717, 1.165) is 41.7 Å². The molecule has 1 heterocycles. The fourth-order valence-corrected chi connectivity index (χ4v) is 3.08. The van der Waals surface area contributed by atoms with Gasteiger partial charge in [0.15, 0.2) is 0 Å². The van der Waals surface area contributed by atoms with Crippen molar-refractivity contribution < 1.29 is 9.90 Å². The predicted octanol–water partition coefficient (Wildman–Crippen LogP) is 2.18. The number of rotatable bonds is 4. The summed E-state index contributed by atoms with van der Waals surface area (Å²) in [4.78, 5) is 13.6. The molecule has 0 amide bonds. The van der Waals surface area contributed by atoms with E-state index in [4.69, 9.17) is 5.73 Å². The van der Waals surface area contributed by atoms with Gasteiger partial charge in [-0.1, -0.05) is 22.0 Å². The summed E-state index contributed by atoms with van der Waals surface area (Å²) in [6.45, 7) is 2.08. The number of anilines is 1. The maximum absolute atomic E-state index is 11.3. The Balaban J connectivity index is 2.45. The number of nitrogens with zero attached hydrogens (tertiary/aromatic N) is 1. The van der Waals surface area contributed by atoms with Crippen LogP contribution in [0.15, 0.2) is 22.7 Å². The summed E-state index contributed by atoms with van der Waals surface area (Å²) in [5.41, 5.74) is 7.42. The molecule has 4 nitrogen and oxygen atoms in total. The molecule has 18 heavy (non-hydrogen) atoms. The molecular weight excluding hydrogens is 296 g/mol. The van der Waals surface area contributed by atoms with E-state index in [-0.39, 0.29) is 6.54 Å². The summed E-state index contributed by atoms with van der Waals surface area (Å²) >= 11 is 3.46. The Kier molecular flexibility index (Phi) is 4.24. The van der Waals surface area contributed by atoms with Crippen molar-refractivity contribution in [3.05, 3.63) is 28.2 Å². The zero-order valence-electron chi connectivity index (χ0n) is 10.1. The molecule has 5 heteroatoms. The van der Waals surface area contributed by atoms with Gasteiger partial charge < -0.3 is 15.7 Å². The van der Waals surface area contributed by atoms with Crippen molar-refractivity contribution in [2.24, 2.45) is 5.73 Å². The Morgan fingerprint density at radius 2 is 2.11 bits per heavy atom. The third kappa shape index (κ3) is 2.52. The monoisotopic (exact) mass is 312 g/mol. The normalized spacial score (nSPS) is 16.9. The topological polar surface area (TPSA) is 66.6 Å². The molecule has 1 unspecified atom stereocenters. The van der Waals surface area contributed by atoms with Crippen LogP contribution in [0.25, 0.3) is 0 Å². The van der Waals surface area contributed by atoms with E-state index in [1.165, 1.54) is 0 Å². The highest BCUT2D eigenvalue weighted by Crippen LogP contribution is 2.35. The van der Waals surface area contributed by atoms with Crippen LogP contribution in [0.5, 0.6) is 0 Å². The molecule has 1 atom stereocenters. The number of hydrogen-bond acceptors (Lipinski definition) is 3. The lowest BCUT2D eigenvalue weighted by atomic mass is 9.97. The summed E-state index contributed by atoms with van der Waals surface area (Å²) in [6, 6.07) is 5.80. The number of halogens is 1. The maximum atomic E-state index is 11.3. The smallest absolute Gasteiger partial charge is 0.312 e. The summed E-state index contributed by atoms with van der Waals surface area (Å²) in [7, 11) is 0. The molecule has 0 radical (unpaired) electrons. The van der Waals surface area contributed by atoms with Gasteiger partial charge in [-0.3, -0.25) is 4.79 Å². The number of carboxylic acid groups (broad SMARTS) is 1. The lowest BCUT2D eigenvalue weighted by Gasteiger charge is -2.25. The minimum atomic E-state index is -0.871. The van der Waals surface area contributed by atoms with E-state index < -0.39 is 11.9 Å². The zero-order chi connectivity index (χ0) is 13.1. The standard InChI is InChI=1S/C13H17BrN2O2/c14-10-4-3-5-11(16-6-1-2-7-16)12(10)9(8-15)13(17)18/h3-5,9H,1-2,6-8,15H2,(H,17,18). The molecule has 1 fully saturated rings. The van der Waals surface area contributed by atoms with Gasteiger partial charge in [0.1, 0.15) is 0 Å². The largest absolute Gasteiger partial charge is 0.481 e. The second-order valence-corrected chi connectivity index (χ2v) is 5.35. The van der Waals surface area contributed by atoms with Crippen molar-refractivity contribution in [3.8, 4) is 0 Å². The van der Waals surface area contributed by atoms with Crippen molar-refractivity contribution in [2.45, 2.75) is 18.8 Å². The van der Waals surface area contributed by atoms with Crippen molar-refractivity contribution in [3.63, 3.8) is 0 Å². The molecule has 1 aliphatic heterocycles. The SMILES string of the molecule is NCC(C(=O)O)c1c(Br)cccc1N1CCCC1. The summed E-state index contributed by atoms with van der Waals surface area (Å²) in [5.74, 6) is -1.53. The van der Waals surface area contributed by atoms with Crippen LogP contribution < -0.4 is 10.6 Å². The summed E-state index contributed by atoms with van der Waals surface area (Å²) in [5, 5.41) is 9.30. The fourth-order valence-electron chi connectivity index (χ4n) is 2.45. The Bertz CT molecular complexity index is 445. The number of carbonyl (C=O) groups is 1. The van der Waals surface area contributed by atoms with Crippen LogP contribution in [0.4, 0.5) is 5.69 Å². The van der Waals surface area contributed by atoms with Crippen molar-refractivity contribution in [1.29, 1.82) is 0 Å². The van der Waals surface area contributed by atoms with Gasteiger partial charge in [-0.15, -0.1) is 0 Å². The van der Waals surface area contributed by atoms with Crippen LogP contribution in [-0.2, 0) is 4.79 Å². The molecule has 2 rings (SSSR count). The Hall–Kier alpha value is -1.07. The van der Waals surface area contributed by atoms with Gasteiger partial charge in [0.2, 0.25) is 0 Å². The molecule has 98 valence electrons. The first-order valence-corrected chi connectivity index (χ1v) is 6.90. The number of carboxylic acids is 1. The number of benzene rings is 1. The Morgan fingerprint density at radius 3 is 2.67 bits per heavy atom. The Labute approximate surface area is 115 Å². The molecule has 0 spiro atoms. The van der Waals surface area contributed by atoms with Crippen molar-refractivity contribution in [2.75, 3.05) is 24.5 Å². The minimum Gasteiger partial charge on any atom is -0.481 e. The van der Waals surface area contributed by atoms with Gasteiger partial charge >= 0.3 is 5.97 Å². The van der Waals surface area contributed by atoms with E-state index in [1.54, 1.807) is 0 Å². The second-order valence-electron chi connectivity index (χ2n) is 4.49. The van der Waals surface area contributed by atoms with Gasteiger partial charge in [0.25, 0.3) is 0 Å². The van der Waals surface area contributed by atoms with Crippen LogP contribution in [0.3, 0.4) is 0 Å². The zero-order valence-corrected chi connectivity index (χ0v) is 11.7. The van der Waals surface area contributed by atoms with E-state index in [9.17, 15) is 9.90 Å². The highest BCUT2D eigenvalue weighted by Gasteiger charge is 2.26. The van der Waals surface area contributed by atoms with Crippen LogP contribution in [0.2, 0.25) is 0 Å². The molecule has 0 bridgehead atoms. The molecule has 0 aliphatic carbocycles. The molecule has 0 saturated carbocycles. The lowest BCUT2D eigenvalue weighted by Crippen LogP contribution is -2.26. The third-order valence-electron chi connectivity index (χ3n) is 3.36. The van der Waals surface area contributed by atoms with Gasteiger partial charge in [-0.05, 0) is 25.0 Å². The van der Waals surface area contributed by atoms with E-state index in [1.807, 2.05) is 18.2 Å². The number of aliphatic carboxylic acids is 1. The van der Waals surface area contributed by atoms with E-state index in [0.29, 0.717) is 0 Å².